The fourth-order valence-corrected chi connectivity index (χ4v) is 5.32. The zero-order valence-electron chi connectivity index (χ0n) is 22.6. The monoisotopic (exact) mass is 530 g/mol. The zero-order chi connectivity index (χ0) is 27.7. The highest BCUT2D eigenvalue weighted by Gasteiger charge is 2.30. The predicted molar refractivity (Wildman–Crippen MR) is 138 cm³/mol. The Morgan fingerprint density at radius 2 is 0.921 bits per heavy atom. The van der Waals surface area contributed by atoms with E-state index in [1.165, 1.54) is 28.4 Å². The van der Waals surface area contributed by atoms with Gasteiger partial charge in [-0.15, -0.1) is 0 Å². The van der Waals surface area contributed by atoms with Crippen molar-refractivity contribution in [2.45, 2.75) is 76.3 Å². The lowest BCUT2D eigenvalue weighted by Gasteiger charge is -2.37. The number of methoxy groups -OCH3 is 4. The average Bonchev–Trinajstić information content (AvgIpc) is 2.94. The number of carbonyl (C=O) groups is 4. The molecule has 3 rings (SSSR count). The molecule has 38 heavy (non-hydrogen) atoms. The van der Waals surface area contributed by atoms with Crippen LogP contribution in [0.15, 0.2) is 45.8 Å². The molecular formula is C28H38N2O8. The van der Waals surface area contributed by atoms with Gasteiger partial charge in [-0.3, -0.25) is 0 Å². The highest BCUT2D eigenvalue weighted by Crippen LogP contribution is 2.30. The van der Waals surface area contributed by atoms with Crippen molar-refractivity contribution in [2.75, 3.05) is 28.4 Å². The van der Waals surface area contributed by atoms with Crippen LogP contribution in [0.2, 0.25) is 0 Å². The van der Waals surface area contributed by atoms with Crippen LogP contribution in [0.1, 0.15) is 64.2 Å². The molecule has 2 atom stereocenters. The molecule has 1 saturated carbocycles. The molecule has 3 aliphatic carbocycles. The third-order valence-electron chi connectivity index (χ3n) is 7.19. The van der Waals surface area contributed by atoms with E-state index in [1.54, 1.807) is 0 Å². The van der Waals surface area contributed by atoms with Gasteiger partial charge in [0.1, 0.15) is 11.1 Å². The van der Waals surface area contributed by atoms with E-state index in [4.69, 9.17) is 18.9 Å². The van der Waals surface area contributed by atoms with Gasteiger partial charge < -0.3 is 29.6 Å². The topological polar surface area (TPSA) is 129 Å². The Hall–Kier alpha value is -3.56. The van der Waals surface area contributed by atoms with Crippen LogP contribution in [0, 0.1) is 0 Å². The number of carbonyl (C=O) groups excluding carboxylic acids is 4. The second kappa shape index (κ2) is 13.8. The SMILES string of the molecule is COC(=O)C(C(=O)OC)=C1C=C(NC2CCCCC2NC2=CC(=C(C(=O)OC)C(=O)OC)CCC2)CCC1. The Balaban J connectivity index is 1.83. The van der Waals surface area contributed by atoms with Crippen molar-refractivity contribution in [3.8, 4) is 0 Å². The number of hydrogen-bond donors (Lipinski definition) is 2. The highest BCUT2D eigenvalue weighted by atomic mass is 16.5. The van der Waals surface area contributed by atoms with E-state index in [0.717, 1.165) is 62.8 Å². The Morgan fingerprint density at radius 3 is 1.24 bits per heavy atom. The molecule has 0 radical (unpaired) electrons. The molecule has 0 aromatic heterocycles. The maximum atomic E-state index is 12.3. The van der Waals surface area contributed by atoms with Crippen molar-refractivity contribution in [3.63, 3.8) is 0 Å². The number of allylic oxidation sites excluding steroid dienone is 6. The normalized spacial score (nSPS) is 21.3. The van der Waals surface area contributed by atoms with Gasteiger partial charge in [0.05, 0.1) is 28.4 Å². The predicted octanol–water partition coefficient (Wildman–Crippen LogP) is 2.90. The summed E-state index contributed by atoms with van der Waals surface area (Å²) in [5.41, 5.74) is 3.03. The number of rotatable bonds is 8. The van der Waals surface area contributed by atoms with Gasteiger partial charge in [0.15, 0.2) is 0 Å². The fourth-order valence-electron chi connectivity index (χ4n) is 5.32. The maximum Gasteiger partial charge on any atom is 0.345 e. The van der Waals surface area contributed by atoms with Gasteiger partial charge in [-0.05, 0) is 74.7 Å². The Bertz CT molecular complexity index is 949. The Kier molecular flexibility index (Phi) is 10.6. The molecule has 0 spiro atoms. The molecule has 2 N–H and O–H groups in total. The smallest absolute Gasteiger partial charge is 0.345 e. The van der Waals surface area contributed by atoms with Gasteiger partial charge in [-0.2, -0.15) is 0 Å². The minimum absolute atomic E-state index is 0.0639. The molecule has 3 aliphatic rings. The molecule has 10 nitrogen and oxygen atoms in total. The molecule has 0 heterocycles. The van der Waals surface area contributed by atoms with Gasteiger partial charge in [0.25, 0.3) is 0 Å². The summed E-state index contributed by atoms with van der Waals surface area (Å²) >= 11 is 0. The van der Waals surface area contributed by atoms with Crippen LogP contribution in [0.5, 0.6) is 0 Å². The van der Waals surface area contributed by atoms with Gasteiger partial charge in [-0.1, -0.05) is 12.8 Å². The molecular weight excluding hydrogens is 492 g/mol. The maximum absolute atomic E-state index is 12.3. The van der Waals surface area contributed by atoms with E-state index in [-0.39, 0.29) is 23.2 Å². The second-order valence-corrected chi connectivity index (χ2v) is 9.60. The van der Waals surface area contributed by atoms with Crippen LogP contribution in [0.25, 0.3) is 0 Å². The lowest BCUT2D eigenvalue weighted by molar-refractivity contribution is -0.145. The summed E-state index contributed by atoms with van der Waals surface area (Å²) in [6.45, 7) is 0. The quantitative estimate of drug-likeness (QED) is 0.159. The van der Waals surface area contributed by atoms with Gasteiger partial charge in [0, 0.05) is 23.5 Å². The van der Waals surface area contributed by atoms with Crippen LogP contribution in [-0.4, -0.2) is 64.4 Å². The first kappa shape index (κ1) is 29.0. The highest BCUT2D eigenvalue weighted by molar-refractivity contribution is 6.15. The van der Waals surface area contributed by atoms with E-state index < -0.39 is 23.9 Å². The van der Waals surface area contributed by atoms with Crippen LogP contribution in [0.3, 0.4) is 0 Å². The molecule has 2 unspecified atom stereocenters. The molecule has 0 bridgehead atoms. The molecule has 0 aromatic carbocycles. The summed E-state index contributed by atoms with van der Waals surface area (Å²) in [6.07, 6.45) is 12.2. The van der Waals surface area contributed by atoms with E-state index >= 15 is 0 Å². The van der Waals surface area contributed by atoms with E-state index in [9.17, 15) is 19.2 Å². The summed E-state index contributed by atoms with van der Waals surface area (Å²) in [5, 5.41) is 7.32. The third kappa shape index (κ3) is 7.05. The fraction of sp³-hybridized carbons (Fsp3) is 0.571. The standard InChI is InChI=1S/C28H38N2O8/c1-35-25(31)23(26(32)36-2)17-9-7-11-19(15-17)29-21-13-5-6-14-22(21)30-20-12-8-10-18(16-20)24(27(33)37-3)28(34)38-4/h15-16,21-22,29-30H,5-14H2,1-4H3. The summed E-state index contributed by atoms with van der Waals surface area (Å²) in [6, 6.07) is 0.259. The summed E-state index contributed by atoms with van der Waals surface area (Å²) < 4.78 is 19.3. The number of hydrogen-bond acceptors (Lipinski definition) is 10. The van der Waals surface area contributed by atoms with Crippen molar-refractivity contribution in [1.29, 1.82) is 0 Å². The lowest BCUT2D eigenvalue weighted by atomic mass is 9.87. The molecule has 0 aliphatic heterocycles. The van der Waals surface area contributed by atoms with Crippen molar-refractivity contribution in [1.82, 2.24) is 10.6 Å². The van der Waals surface area contributed by atoms with Gasteiger partial charge in [0.2, 0.25) is 0 Å². The number of nitrogens with one attached hydrogen (secondary N) is 2. The van der Waals surface area contributed by atoms with Crippen molar-refractivity contribution in [2.24, 2.45) is 0 Å². The molecule has 0 aromatic rings. The first-order chi connectivity index (χ1) is 18.3. The Labute approximate surface area is 223 Å². The zero-order valence-corrected chi connectivity index (χ0v) is 22.6. The molecule has 0 saturated heterocycles. The molecule has 208 valence electrons. The lowest BCUT2D eigenvalue weighted by Crippen LogP contribution is -2.49. The number of esters is 4. The first-order valence-corrected chi connectivity index (χ1v) is 13.1. The van der Waals surface area contributed by atoms with E-state index in [0.29, 0.717) is 24.0 Å². The Morgan fingerprint density at radius 1 is 0.579 bits per heavy atom. The average molecular weight is 531 g/mol. The van der Waals surface area contributed by atoms with Crippen LogP contribution >= 0.6 is 0 Å². The summed E-state index contributed by atoms with van der Waals surface area (Å²) in [4.78, 5) is 49.1. The first-order valence-electron chi connectivity index (χ1n) is 13.1. The molecule has 10 heteroatoms. The summed E-state index contributed by atoms with van der Waals surface area (Å²) in [7, 11) is 4.98. The number of ether oxygens (including phenoxy) is 4. The van der Waals surface area contributed by atoms with Gasteiger partial charge >= 0.3 is 23.9 Å². The molecule has 0 amide bonds. The summed E-state index contributed by atoms with van der Waals surface area (Å²) in [5.74, 6) is -2.80. The van der Waals surface area contributed by atoms with Crippen molar-refractivity contribution in [3.05, 3.63) is 45.8 Å². The van der Waals surface area contributed by atoms with Crippen molar-refractivity contribution < 1.29 is 38.1 Å². The van der Waals surface area contributed by atoms with Crippen LogP contribution < -0.4 is 10.6 Å². The second-order valence-electron chi connectivity index (χ2n) is 9.60. The van der Waals surface area contributed by atoms with E-state index in [2.05, 4.69) is 10.6 Å². The van der Waals surface area contributed by atoms with Crippen molar-refractivity contribution >= 4 is 23.9 Å². The minimum atomic E-state index is -0.701. The van der Waals surface area contributed by atoms with E-state index in [1.807, 2.05) is 12.2 Å². The van der Waals surface area contributed by atoms with Crippen LogP contribution in [0.4, 0.5) is 0 Å². The third-order valence-corrected chi connectivity index (χ3v) is 7.19. The minimum Gasteiger partial charge on any atom is -0.465 e. The van der Waals surface area contributed by atoms with Crippen LogP contribution in [-0.2, 0) is 38.1 Å². The van der Waals surface area contributed by atoms with Gasteiger partial charge in [-0.25, -0.2) is 19.2 Å². The largest absolute Gasteiger partial charge is 0.465 e. The molecule has 1 fully saturated rings.